The Morgan fingerprint density at radius 2 is 2.00 bits per heavy atom. The van der Waals surface area contributed by atoms with Crippen molar-refractivity contribution in [2.24, 2.45) is 0 Å². The largest absolute Gasteiger partial charge is 0.349 e. The zero-order valence-electron chi connectivity index (χ0n) is 16.4. The molecule has 3 aromatic rings. The second-order valence-corrected chi connectivity index (χ2v) is 10.6. The van der Waals surface area contributed by atoms with Gasteiger partial charge in [0.1, 0.15) is 0 Å². The van der Waals surface area contributed by atoms with Gasteiger partial charge in [0.25, 0.3) is 11.6 Å². The van der Waals surface area contributed by atoms with E-state index in [2.05, 4.69) is 15.5 Å². The molecule has 1 aliphatic rings. The van der Waals surface area contributed by atoms with E-state index in [0.29, 0.717) is 54.0 Å². The first-order valence-corrected chi connectivity index (χ1v) is 12.0. The summed E-state index contributed by atoms with van der Waals surface area (Å²) in [4.78, 5) is 19.7. The highest BCUT2D eigenvalue weighted by Gasteiger charge is 2.27. The predicted octanol–water partition coefficient (Wildman–Crippen LogP) is 2.72. The fourth-order valence-electron chi connectivity index (χ4n) is 3.57. The Balaban J connectivity index is 1.61. The number of aryl methyl sites for hydroxylation is 2. The number of carbonyl (C=O) groups excluding carboxylic acids is 1. The molecule has 4 rings (SSSR count). The molecule has 0 bridgehead atoms. The van der Waals surface area contributed by atoms with E-state index in [4.69, 9.17) is 4.52 Å². The van der Waals surface area contributed by atoms with E-state index in [0.717, 1.165) is 9.75 Å². The van der Waals surface area contributed by atoms with E-state index in [1.807, 2.05) is 19.1 Å². The minimum atomic E-state index is -3.20. The van der Waals surface area contributed by atoms with Crippen LogP contribution in [-0.2, 0) is 10.0 Å². The van der Waals surface area contributed by atoms with Crippen LogP contribution < -0.4 is 5.32 Å². The van der Waals surface area contributed by atoms with Crippen molar-refractivity contribution in [3.05, 3.63) is 34.3 Å². The van der Waals surface area contributed by atoms with Gasteiger partial charge >= 0.3 is 0 Å². The molecule has 29 heavy (non-hydrogen) atoms. The van der Waals surface area contributed by atoms with Crippen LogP contribution in [0, 0.1) is 13.8 Å². The summed E-state index contributed by atoms with van der Waals surface area (Å²) in [6, 6.07) is 5.67. The van der Waals surface area contributed by atoms with Gasteiger partial charge < -0.3 is 9.84 Å². The summed E-state index contributed by atoms with van der Waals surface area (Å²) < 4.78 is 30.1. The summed E-state index contributed by atoms with van der Waals surface area (Å²) in [5, 5.41) is 7.63. The topological polar surface area (TPSA) is 105 Å². The van der Waals surface area contributed by atoms with E-state index in [1.54, 1.807) is 24.3 Å². The minimum Gasteiger partial charge on any atom is -0.349 e. The molecular weight excluding hydrogens is 412 g/mol. The lowest BCUT2D eigenvalue weighted by atomic mass is 10.0. The molecule has 3 aromatic heterocycles. The van der Waals surface area contributed by atoms with Gasteiger partial charge in [-0.05, 0) is 44.9 Å². The molecule has 0 aromatic carbocycles. The summed E-state index contributed by atoms with van der Waals surface area (Å²) in [6.45, 7) is 4.61. The number of fused-ring (bicyclic) bond motifs is 1. The highest BCUT2D eigenvalue weighted by Crippen LogP contribution is 2.31. The summed E-state index contributed by atoms with van der Waals surface area (Å²) >= 11 is 1.60. The van der Waals surface area contributed by atoms with Gasteiger partial charge in [0.05, 0.1) is 33.5 Å². The summed E-state index contributed by atoms with van der Waals surface area (Å²) in [7, 11) is -3.20. The third-order valence-corrected chi connectivity index (χ3v) is 7.44. The summed E-state index contributed by atoms with van der Waals surface area (Å²) in [5.74, 6) is -0.226. The number of carbonyl (C=O) groups is 1. The predicted molar refractivity (Wildman–Crippen MR) is 111 cm³/mol. The number of pyridine rings is 1. The van der Waals surface area contributed by atoms with Crippen molar-refractivity contribution < 1.29 is 17.7 Å². The van der Waals surface area contributed by atoms with Crippen LogP contribution in [0.15, 0.2) is 22.7 Å². The number of hydrogen-bond donors (Lipinski definition) is 1. The number of piperidine rings is 1. The molecule has 10 heteroatoms. The second kappa shape index (κ2) is 7.51. The van der Waals surface area contributed by atoms with Crippen LogP contribution in [-0.4, -0.2) is 54.2 Å². The Bertz CT molecular complexity index is 1170. The molecule has 4 heterocycles. The van der Waals surface area contributed by atoms with E-state index in [1.165, 1.54) is 10.6 Å². The van der Waals surface area contributed by atoms with E-state index < -0.39 is 10.0 Å². The first-order chi connectivity index (χ1) is 13.7. The fourth-order valence-corrected chi connectivity index (χ4v) is 5.27. The molecule has 8 nitrogen and oxygen atoms in total. The number of rotatable bonds is 4. The van der Waals surface area contributed by atoms with Crippen molar-refractivity contribution in [1.29, 1.82) is 0 Å². The molecule has 0 saturated carbocycles. The van der Waals surface area contributed by atoms with Crippen LogP contribution in [0.2, 0.25) is 0 Å². The Hall–Kier alpha value is -2.30. The molecule has 0 atom stereocenters. The van der Waals surface area contributed by atoms with Gasteiger partial charge in [-0.1, -0.05) is 5.16 Å². The van der Waals surface area contributed by atoms with Gasteiger partial charge in [-0.15, -0.1) is 11.3 Å². The quantitative estimate of drug-likeness (QED) is 0.677. The lowest BCUT2D eigenvalue weighted by Gasteiger charge is -2.30. The van der Waals surface area contributed by atoms with Crippen LogP contribution in [0.1, 0.15) is 33.8 Å². The van der Waals surface area contributed by atoms with Gasteiger partial charge in [0.15, 0.2) is 0 Å². The highest BCUT2D eigenvalue weighted by atomic mass is 32.2. The van der Waals surface area contributed by atoms with Crippen LogP contribution >= 0.6 is 11.3 Å². The maximum atomic E-state index is 13.1. The molecule has 1 saturated heterocycles. The van der Waals surface area contributed by atoms with Gasteiger partial charge in [-0.2, -0.15) is 0 Å². The van der Waals surface area contributed by atoms with Gasteiger partial charge in [-0.25, -0.2) is 17.7 Å². The van der Waals surface area contributed by atoms with Crippen molar-refractivity contribution in [3.63, 3.8) is 0 Å². The Morgan fingerprint density at radius 1 is 1.28 bits per heavy atom. The van der Waals surface area contributed by atoms with Gasteiger partial charge in [0, 0.05) is 24.0 Å². The molecule has 1 N–H and O–H groups in total. The van der Waals surface area contributed by atoms with Gasteiger partial charge in [0.2, 0.25) is 10.0 Å². The van der Waals surface area contributed by atoms with Crippen LogP contribution in [0.5, 0.6) is 0 Å². The number of sulfonamides is 1. The molecule has 0 radical (unpaired) electrons. The first kappa shape index (κ1) is 20.0. The molecule has 0 spiro atoms. The average Bonchev–Trinajstić information content (AvgIpc) is 3.27. The smallest absolute Gasteiger partial charge is 0.259 e. The zero-order chi connectivity index (χ0) is 20.8. The molecular formula is C19H22N4O4S2. The molecule has 1 amide bonds. The number of thiophene rings is 1. The number of hydrogen-bond acceptors (Lipinski definition) is 7. The minimum absolute atomic E-state index is 0.0867. The second-order valence-electron chi connectivity index (χ2n) is 7.32. The van der Waals surface area contributed by atoms with Crippen molar-refractivity contribution in [2.45, 2.75) is 32.7 Å². The summed E-state index contributed by atoms with van der Waals surface area (Å²) in [6.07, 6.45) is 2.36. The maximum absolute atomic E-state index is 13.1. The molecule has 154 valence electrons. The van der Waals surface area contributed by atoms with Crippen LogP contribution in [0.3, 0.4) is 0 Å². The average molecular weight is 435 g/mol. The third-order valence-electron chi connectivity index (χ3n) is 5.11. The highest BCUT2D eigenvalue weighted by molar-refractivity contribution is 7.88. The summed E-state index contributed by atoms with van der Waals surface area (Å²) in [5.41, 5.74) is 2.09. The molecule has 0 aliphatic carbocycles. The number of nitrogens with one attached hydrogen (secondary N) is 1. The zero-order valence-corrected chi connectivity index (χ0v) is 18.1. The lowest BCUT2D eigenvalue weighted by molar-refractivity contribution is 0.0925. The van der Waals surface area contributed by atoms with Crippen molar-refractivity contribution in [2.75, 3.05) is 19.3 Å². The van der Waals surface area contributed by atoms with E-state index in [9.17, 15) is 13.2 Å². The Labute approximate surface area is 173 Å². The first-order valence-electron chi connectivity index (χ1n) is 9.32. The van der Waals surface area contributed by atoms with Gasteiger partial charge in [-0.3, -0.25) is 4.79 Å². The Kier molecular flexibility index (Phi) is 5.18. The SMILES string of the molecule is Cc1ccc(-c2cc(C(=O)NC3CCN(S(C)(=O)=O)CC3)c3c(C)noc3n2)s1. The lowest BCUT2D eigenvalue weighted by Crippen LogP contribution is -2.46. The van der Waals surface area contributed by atoms with Crippen LogP contribution in [0.4, 0.5) is 0 Å². The van der Waals surface area contributed by atoms with Crippen molar-refractivity contribution in [1.82, 2.24) is 19.8 Å². The van der Waals surface area contributed by atoms with Crippen molar-refractivity contribution in [3.8, 4) is 10.6 Å². The monoisotopic (exact) mass is 434 g/mol. The van der Waals surface area contributed by atoms with E-state index >= 15 is 0 Å². The van der Waals surface area contributed by atoms with Crippen molar-refractivity contribution >= 4 is 38.4 Å². The Morgan fingerprint density at radius 3 is 2.62 bits per heavy atom. The maximum Gasteiger partial charge on any atom is 0.259 e. The normalized spacial score (nSPS) is 16.4. The number of nitrogens with zero attached hydrogens (tertiary/aromatic N) is 3. The third kappa shape index (κ3) is 4.05. The standard InChI is InChI=1S/C19H22N4O4S2/c1-11-4-5-16(28-11)15-10-14(17-12(2)22-27-19(17)21-15)18(24)20-13-6-8-23(9-7-13)29(3,25)26/h4-5,10,13H,6-9H2,1-3H3,(H,20,24). The van der Waals surface area contributed by atoms with Crippen LogP contribution in [0.25, 0.3) is 21.7 Å². The fraction of sp³-hybridized carbons (Fsp3) is 0.421. The van der Waals surface area contributed by atoms with E-state index in [-0.39, 0.29) is 11.9 Å². The number of aromatic nitrogens is 2. The molecule has 1 fully saturated rings. The molecule has 0 unspecified atom stereocenters. The number of amides is 1. The molecule has 1 aliphatic heterocycles.